The summed E-state index contributed by atoms with van der Waals surface area (Å²) in [7, 11) is 1.62. The average Bonchev–Trinajstić information content (AvgIpc) is 2.62. The molecule has 1 amide bonds. The van der Waals surface area contributed by atoms with Gasteiger partial charge in [-0.3, -0.25) is 4.79 Å². The van der Waals surface area contributed by atoms with Gasteiger partial charge in [-0.1, -0.05) is 18.2 Å². The van der Waals surface area contributed by atoms with Crippen LogP contribution >= 0.6 is 0 Å². The molecule has 0 saturated heterocycles. The van der Waals surface area contributed by atoms with E-state index < -0.39 is 5.60 Å². The third-order valence-electron chi connectivity index (χ3n) is 4.71. The summed E-state index contributed by atoms with van der Waals surface area (Å²) in [5.74, 6) is 0.247. The number of aliphatic hydroxyl groups is 1. The molecule has 0 heterocycles. The summed E-state index contributed by atoms with van der Waals surface area (Å²) in [6.07, 6.45) is 2.50. The van der Waals surface area contributed by atoms with Gasteiger partial charge in [0, 0.05) is 0 Å². The van der Waals surface area contributed by atoms with E-state index in [4.69, 9.17) is 4.74 Å². The minimum absolute atomic E-state index is 0.159. The van der Waals surface area contributed by atoms with E-state index in [2.05, 4.69) is 5.32 Å². The number of fused-ring (bicyclic) bond motifs is 1. The third-order valence-corrected chi connectivity index (χ3v) is 4.71. The van der Waals surface area contributed by atoms with Gasteiger partial charge in [-0.2, -0.15) is 0 Å². The van der Waals surface area contributed by atoms with Crippen LogP contribution in [0.15, 0.2) is 42.5 Å². The number of benzene rings is 2. The Morgan fingerprint density at radius 2 is 2.04 bits per heavy atom. The first-order valence-electron chi connectivity index (χ1n) is 8.41. The lowest BCUT2D eigenvalue weighted by atomic mass is 9.79. The van der Waals surface area contributed by atoms with Gasteiger partial charge in [-0.25, -0.2) is 4.39 Å². The molecular formula is C20H22FNO3. The summed E-state index contributed by atoms with van der Waals surface area (Å²) in [6, 6.07) is 11.5. The molecule has 0 spiro atoms. The largest absolute Gasteiger partial charge is 0.497 e. The van der Waals surface area contributed by atoms with Gasteiger partial charge in [0.05, 0.1) is 20.1 Å². The number of carbonyl (C=O) groups excluding carboxylic acids is 1. The molecule has 1 atom stereocenters. The number of hydrogen-bond acceptors (Lipinski definition) is 3. The summed E-state index contributed by atoms with van der Waals surface area (Å²) in [4.78, 5) is 12.2. The van der Waals surface area contributed by atoms with Gasteiger partial charge in [0.25, 0.3) is 0 Å². The number of methoxy groups -OCH3 is 1. The predicted molar refractivity (Wildman–Crippen MR) is 92.9 cm³/mol. The third kappa shape index (κ3) is 3.99. The second kappa shape index (κ2) is 7.23. The Morgan fingerprint density at radius 3 is 2.76 bits per heavy atom. The van der Waals surface area contributed by atoms with Crippen molar-refractivity contribution in [2.75, 3.05) is 13.7 Å². The zero-order valence-corrected chi connectivity index (χ0v) is 14.2. The zero-order chi connectivity index (χ0) is 17.9. The van der Waals surface area contributed by atoms with Crippen LogP contribution in [0.5, 0.6) is 5.75 Å². The first-order chi connectivity index (χ1) is 12.0. The minimum atomic E-state index is -1.07. The van der Waals surface area contributed by atoms with E-state index in [1.54, 1.807) is 19.2 Å². The molecule has 1 aliphatic rings. The van der Waals surface area contributed by atoms with Gasteiger partial charge in [0.2, 0.25) is 5.91 Å². The number of carbonyl (C=O) groups is 1. The van der Waals surface area contributed by atoms with Crippen LogP contribution in [0.3, 0.4) is 0 Å². The molecule has 0 saturated carbocycles. The first-order valence-corrected chi connectivity index (χ1v) is 8.41. The van der Waals surface area contributed by atoms with Crippen molar-refractivity contribution in [3.05, 3.63) is 65.0 Å². The smallest absolute Gasteiger partial charge is 0.224 e. The number of amides is 1. The second-order valence-electron chi connectivity index (χ2n) is 6.49. The Labute approximate surface area is 146 Å². The van der Waals surface area contributed by atoms with Gasteiger partial charge < -0.3 is 15.2 Å². The molecule has 2 aromatic carbocycles. The summed E-state index contributed by atoms with van der Waals surface area (Å²) in [5.41, 5.74) is 1.57. The van der Waals surface area contributed by atoms with E-state index in [0.717, 1.165) is 35.3 Å². The number of aryl methyl sites for hydroxylation is 1. The van der Waals surface area contributed by atoms with Gasteiger partial charge in [0.15, 0.2) is 0 Å². The minimum Gasteiger partial charge on any atom is -0.497 e. The number of hydrogen-bond donors (Lipinski definition) is 2. The molecule has 4 nitrogen and oxygen atoms in total. The Hall–Kier alpha value is -2.40. The van der Waals surface area contributed by atoms with Crippen LogP contribution in [0, 0.1) is 5.82 Å². The summed E-state index contributed by atoms with van der Waals surface area (Å²) < 4.78 is 18.2. The molecule has 25 heavy (non-hydrogen) atoms. The van der Waals surface area contributed by atoms with Crippen molar-refractivity contribution in [2.24, 2.45) is 0 Å². The fourth-order valence-electron chi connectivity index (χ4n) is 3.34. The molecule has 1 aliphatic carbocycles. The standard InChI is InChI=1S/C20H22FNO3/c1-25-17-8-9-18-15(12-17)3-2-10-20(18,24)13-22-19(23)11-14-4-6-16(21)7-5-14/h4-9,12,24H,2-3,10-11,13H2,1H3,(H,22,23)/t20-/m0/s1. The average molecular weight is 343 g/mol. The molecule has 2 aromatic rings. The summed E-state index contributed by atoms with van der Waals surface area (Å²) in [5, 5.41) is 13.8. The van der Waals surface area contributed by atoms with Crippen LogP contribution in [-0.4, -0.2) is 24.7 Å². The normalized spacial score (nSPS) is 19.2. The molecular weight excluding hydrogens is 321 g/mol. The van der Waals surface area contributed by atoms with E-state index in [9.17, 15) is 14.3 Å². The molecule has 2 N–H and O–H groups in total. The molecule has 0 fully saturated rings. The highest BCUT2D eigenvalue weighted by molar-refractivity contribution is 5.78. The van der Waals surface area contributed by atoms with Gasteiger partial charge >= 0.3 is 0 Å². The maximum Gasteiger partial charge on any atom is 0.224 e. The molecule has 3 rings (SSSR count). The molecule has 0 unspecified atom stereocenters. The van der Waals surface area contributed by atoms with E-state index in [0.29, 0.717) is 6.42 Å². The lowest BCUT2D eigenvalue weighted by molar-refractivity contribution is -0.122. The van der Waals surface area contributed by atoms with Crippen molar-refractivity contribution in [3.63, 3.8) is 0 Å². The Balaban J connectivity index is 1.66. The van der Waals surface area contributed by atoms with Crippen LogP contribution in [0.1, 0.15) is 29.5 Å². The lowest BCUT2D eigenvalue weighted by Crippen LogP contribution is -2.43. The Bertz CT molecular complexity index is 760. The quantitative estimate of drug-likeness (QED) is 0.878. The van der Waals surface area contributed by atoms with E-state index in [1.807, 2.05) is 18.2 Å². The van der Waals surface area contributed by atoms with Crippen LogP contribution in [0.4, 0.5) is 4.39 Å². The van der Waals surface area contributed by atoms with Gasteiger partial charge in [-0.15, -0.1) is 0 Å². The number of nitrogens with one attached hydrogen (secondary N) is 1. The second-order valence-corrected chi connectivity index (χ2v) is 6.49. The molecule has 0 aliphatic heterocycles. The van der Waals surface area contributed by atoms with E-state index in [-0.39, 0.29) is 24.7 Å². The highest BCUT2D eigenvalue weighted by Gasteiger charge is 2.34. The van der Waals surface area contributed by atoms with Crippen LogP contribution in [0.2, 0.25) is 0 Å². The van der Waals surface area contributed by atoms with Crippen LogP contribution in [0.25, 0.3) is 0 Å². The van der Waals surface area contributed by atoms with E-state index in [1.165, 1.54) is 12.1 Å². The fraction of sp³-hybridized carbons (Fsp3) is 0.350. The first kappa shape index (κ1) is 17.4. The zero-order valence-electron chi connectivity index (χ0n) is 14.2. The van der Waals surface area contributed by atoms with Gasteiger partial charge in [0.1, 0.15) is 17.2 Å². The van der Waals surface area contributed by atoms with Crippen LogP contribution < -0.4 is 10.1 Å². The van der Waals surface area contributed by atoms with Crippen molar-refractivity contribution in [1.82, 2.24) is 5.32 Å². The van der Waals surface area contributed by atoms with E-state index >= 15 is 0 Å². The topological polar surface area (TPSA) is 58.6 Å². The highest BCUT2D eigenvalue weighted by Crippen LogP contribution is 2.36. The molecule has 0 aromatic heterocycles. The Kier molecular flexibility index (Phi) is 5.04. The fourth-order valence-corrected chi connectivity index (χ4v) is 3.34. The monoisotopic (exact) mass is 343 g/mol. The lowest BCUT2D eigenvalue weighted by Gasteiger charge is -2.35. The number of ether oxygens (including phenoxy) is 1. The highest BCUT2D eigenvalue weighted by atomic mass is 19.1. The summed E-state index contributed by atoms with van der Waals surface area (Å²) in [6.45, 7) is 0.159. The summed E-state index contributed by atoms with van der Waals surface area (Å²) >= 11 is 0. The van der Waals surface area contributed by atoms with Crippen molar-refractivity contribution in [3.8, 4) is 5.75 Å². The van der Waals surface area contributed by atoms with Crippen molar-refractivity contribution < 1.29 is 19.0 Å². The maximum atomic E-state index is 12.9. The van der Waals surface area contributed by atoms with Gasteiger partial charge in [-0.05, 0) is 60.2 Å². The molecule has 0 bridgehead atoms. The number of rotatable bonds is 5. The SMILES string of the molecule is COc1ccc2c(c1)CCC[C@]2(O)CNC(=O)Cc1ccc(F)cc1. The van der Waals surface area contributed by atoms with Crippen LogP contribution in [-0.2, 0) is 23.2 Å². The molecule has 132 valence electrons. The van der Waals surface area contributed by atoms with Crippen molar-refractivity contribution in [1.29, 1.82) is 0 Å². The molecule has 5 heteroatoms. The Morgan fingerprint density at radius 1 is 1.28 bits per heavy atom. The predicted octanol–water partition coefficient (Wildman–Crippen LogP) is 2.72. The van der Waals surface area contributed by atoms with Crippen molar-refractivity contribution in [2.45, 2.75) is 31.3 Å². The maximum absolute atomic E-state index is 12.9. The molecule has 0 radical (unpaired) electrons. The number of halogens is 1. The van der Waals surface area contributed by atoms with Crippen molar-refractivity contribution >= 4 is 5.91 Å².